The summed E-state index contributed by atoms with van der Waals surface area (Å²) in [5, 5.41) is 9.30. The van der Waals surface area contributed by atoms with Gasteiger partial charge in [0.15, 0.2) is 5.69 Å². The number of nitrogens with zero attached hydrogens (tertiary/aromatic N) is 2. The first-order chi connectivity index (χ1) is 7.41. The summed E-state index contributed by atoms with van der Waals surface area (Å²) in [5.41, 5.74) is -1.82. The number of hydrogen-bond acceptors (Lipinski definition) is 4. The predicted octanol–water partition coefficient (Wildman–Crippen LogP) is 1.52. The van der Waals surface area contributed by atoms with Crippen LogP contribution in [0.25, 0.3) is 0 Å². The number of carbonyl (C=O) groups excluding carboxylic acids is 1. The van der Waals surface area contributed by atoms with E-state index in [9.17, 15) is 13.6 Å². The Bertz CT molecular complexity index is 377. The third kappa shape index (κ3) is 2.17. The summed E-state index contributed by atoms with van der Waals surface area (Å²) in [6.07, 6.45) is -2.65. The number of alkyl halides is 2. The van der Waals surface area contributed by atoms with E-state index in [-0.39, 0.29) is 18.0 Å². The molecule has 0 fully saturated rings. The summed E-state index contributed by atoms with van der Waals surface area (Å²) in [4.78, 5) is 11.4. The van der Waals surface area contributed by atoms with Crippen molar-refractivity contribution >= 4 is 5.97 Å². The average Bonchev–Trinajstić information content (AvgIpc) is 2.66. The van der Waals surface area contributed by atoms with Crippen LogP contribution in [0.5, 0.6) is 0 Å². The molecule has 1 aromatic rings. The molecule has 0 atom stereocenters. The molecule has 90 valence electrons. The standard InChI is InChI=1S/C9H13F2N3O2/c1-4-16-7(15)5-6(13-14-12-5)9(2,3)8(10)11/h8H,4H2,1-3H3,(H,12,13,14). The Balaban J connectivity index is 3.07. The molecule has 0 saturated heterocycles. The molecule has 0 aromatic carbocycles. The SMILES string of the molecule is CCOC(=O)c1n[nH]nc1C(C)(C)C(F)F. The maximum Gasteiger partial charge on any atom is 0.360 e. The second-order valence-electron chi connectivity index (χ2n) is 3.76. The highest BCUT2D eigenvalue weighted by atomic mass is 19.3. The van der Waals surface area contributed by atoms with Gasteiger partial charge >= 0.3 is 5.97 Å². The number of halogens is 2. The Hall–Kier alpha value is -1.53. The molecule has 0 aliphatic heterocycles. The van der Waals surface area contributed by atoms with E-state index >= 15 is 0 Å². The van der Waals surface area contributed by atoms with Crippen molar-refractivity contribution in [2.75, 3.05) is 6.61 Å². The molecule has 0 spiro atoms. The molecule has 1 N–H and O–H groups in total. The van der Waals surface area contributed by atoms with Gasteiger partial charge in [0.25, 0.3) is 0 Å². The lowest BCUT2D eigenvalue weighted by Gasteiger charge is -2.21. The molecular weight excluding hydrogens is 220 g/mol. The van der Waals surface area contributed by atoms with Crippen LogP contribution >= 0.6 is 0 Å². The number of aromatic amines is 1. The Kier molecular flexibility index (Phi) is 3.56. The first-order valence-corrected chi connectivity index (χ1v) is 4.77. The van der Waals surface area contributed by atoms with Crippen LogP contribution in [0.15, 0.2) is 0 Å². The molecule has 7 heteroatoms. The molecule has 1 rings (SSSR count). The molecule has 0 radical (unpaired) electrons. The van der Waals surface area contributed by atoms with Crippen molar-refractivity contribution in [3.8, 4) is 0 Å². The van der Waals surface area contributed by atoms with Crippen molar-refractivity contribution < 1.29 is 18.3 Å². The van der Waals surface area contributed by atoms with Crippen molar-refractivity contribution in [2.24, 2.45) is 0 Å². The second-order valence-corrected chi connectivity index (χ2v) is 3.76. The summed E-state index contributed by atoms with van der Waals surface area (Å²) in [6.45, 7) is 4.35. The average molecular weight is 233 g/mol. The lowest BCUT2D eigenvalue weighted by atomic mass is 9.88. The van der Waals surface area contributed by atoms with Crippen LogP contribution < -0.4 is 0 Å². The number of nitrogens with one attached hydrogen (secondary N) is 1. The maximum atomic E-state index is 12.8. The van der Waals surface area contributed by atoms with Gasteiger partial charge in [-0.1, -0.05) is 0 Å². The van der Waals surface area contributed by atoms with Gasteiger partial charge in [0.2, 0.25) is 6.43 Å². The van der Waals surface area contributed by atoms with Gasteiger partial charge < -0.3 is 4.74 Å². The van der Waals surface area contributed by atoms with Crippen LogP contribution in [-0.2, 0) is 10.2 Å². The minimum atomic E-state index is -2.65. The molecule has 0 aliphatic rings. The number of hydrogen-bond donors (Lipinski definition) is 1. The van der Waals surface area contributed by atoms with Gasteiger partial charge in [0.1, 0.15) is 5.69 Å². The van der Waals surface area contributed by atoms with Crippen LogP contribution in [0.1, 0.15) is 37.0 Å². The van der Waals surface area contributed by atoms with Crippen molar-refractivity contribution in [3.05, 3.63) is 11.4 Å². The number of carbonyl (C=O) groups is 1. The molecule has 5 nitrogen and oxygen atoms in total. The van der Waals surface area contributed by atoms with Crippen molar-refractivity contribution in [1.29, 1.82) is 0 Å². The van der Waals surface area contributed by atoms with Crippen molar-refractivity contribution in [1.82, 2.24) is 15.4 Å². The highest BCUT2D eigenvalue weighted by Crippen LogP contribution is 2.30. The summed E-state index contributed by atoms with van der Waals surface area (Å²) >= 11 is 0. The molecule has 1 heterocycles. The van der Waals surface area contributed by atoms with Crippen LogP contribution in [0.2, 0.25) is 0 Å². The Morgan fingerprint density at radius 2 is 2.12 bits per heavy atom. The van der Waals surface area contributed by atoms with Crippen LogP contribution in [0.3, 0.4) is 0 Å². The van der Waals surface area contributed by atoms with E-state index in [1.165, 1.54) is 13.8 Å². The molecule has 1 aromatic heterocycles. The van der Waals surface area contributed by atoms with Gasteiger partial charge in [0, 0.05) is 0 Å². The summed E-state index contributed by atoms with van der Waals surface area (Å²) in [6, 6.07) is 0. The third-order valence-electron chi connectivity index (χ3n) is 2.17. The highest BCUT2D eigenvalue weighted by Gasteiger charge is 2.38. The first-order valence-electron chi connectivity index (χ1n) is 4.77. The number of rotatable bonds is 4. The lowest BCUT2D eigenvalue weighted by molar-refractivity contribution is 0.0494. The Morgan fingerprint density at radius 3 is 2.62 bits per heavy atom. The summed E-state index contributed by atoms with van der Waals surface area (Å²) < 4.78 is 30.2. The van der Waals surface area contributed by atoms with Crippen LogP contribution in [0.4, 0.5) is 8.78 Å². The second kappa shape index (κ2) is 4.54. The van der Waals surface area contributed by atoms with E-state index in [0.717, 1.165) is 0 Å². The maximum absolute atomic E-state index is 12.8. The predicted molar refractivity (Wildman–Crippen MR) is 51.4 cm³/mol. The molecule has 0 amide bonds. The van der Waals surface area contributed by atoms with Gasteiger partial charge in [-0.15, -0.1) is 5.10 Å². The fraction of sp³-hybridized carbons (Fsp3) is 0.667. The van der Waals surface area contributed by atoms with Gasteiger partial charge in [0.05, 0.1) is 12.0 Å². The number of ether oxygens (including phenoxy) is 1. The largest absolute Gasteiger partial charge is 0.461 e. The van der Waals surface area contributed by atoms with Gasteiger partial charge in [-0.25, -0.2) is 13.6 Å². The van der Waals surface area contributed by atoms with Gasteiger partial charge in [-0.3, -0.25) is 0 Å². The molecule has 0 aliphatic carbocycles. The minimum absolute atomic E-state index is 0.0825. The fourth-order valence-corrected chi connectivity index (χ4v) is 1.13. The molecule has 0 saturated carbocycles. The third-order valence-corrected chi connectivity index (χ3v) is 2.17. The Labute approximate surface area is 91.2 Å². The number of aromatic nitrogens is 3. The molecule has 16 heavy (non-hydrogen) atoms. The Morgan fingerprint density at radius 1 is 1.50 bits per heavy atom. The molecular formula is C9H13F2N3O2. The summed E-state index contributed by atoms with van der Waals surface area (Å²) in [5.74, 6) is -0.750. The zero-order chi connectivity index (χ0) is 12.3. The fourth-order valence-electron chi connectivity index (χ4n) is 1.13. The smallest absolute Gasteiger partial charge is 0.360 e. The summed E-state index contributed by atoms with van der Waals surface area (Å²) in [7, 11) is 0. The number of esters is 1. The minimum Gasteiger partial charge on any atom is -0.461 e. The van der Waals surface area contributed by atoms with Crippen molar-refractivity contribution in [2.45, 2.75) is 32.6 Å². The zero-order valence-electron chi connectivity index (χ0n) is 9.25. The molecule has 0 bridgehead atoms. The van der Waals surface area contributed by atoms with E-state index in [1.807, 2.05) is 0 Å². The highest BCUT2D eigenvalue weighted by molar-refractivity contribution is 5.88. The van der Waals surface area contributed by atoms with E-state index in [1.54, 1.807) is 6.92 Å². The lowest BCUT2D eigenvalue weighted by Crippen LogP contribution is -2.30. The quantitative estimate of drug-likeness (QED) is 0.800. The van der Waals surface area contributed by atoms with Gasteiger partial charge in [-0.05, 0) is 20.8 Å². The molecule has 0 unspecified atom stereocenters. The van der Waals surface area contributed by atoms with Crippen molar-refractivity contribution in [3.63, 3.8) is 0 Å². The topological polar surface area (TPSA) is 67.9 Å². The van der Waals surface area contributed by atoms with E-state index < -0.39 is 17.8 Å². The van der Waals surface area contributed by atoms with E-state index in [2.05, 4.69) is 15.4 Å². The van der Waals surface area contributed by atoms with Crippen LogP contribution in [-0.4, -0.2) is 34.4 Å². The van der Waals surface area contributed by atoms with E-state index in [0.29, 0.717) is 0 Å². The van der Waals surface area contributed by atoms with E-state index in [4.69, 9.17) is 4.74 Å². The monoisotopic (exact) mass is 233 g/mol. The first kappa shape index (κ1) is 12.5. The normalized spacial score (nSPS) is 11.9. The number of H-pyrrole nitrogens is 1. The van der Waals surface area contributed by atoms with Gasteiger partial charge in [-0.2, -0.15) is 10.3 Å². The van der Waals surface area contributed by atoms with Crippen LogP contribution in [0, 0.1) is 0 Å². The zero-order valence-corrected chi connectivity index (χ0v) is 9.25.